The van der Waals surface area contributed by atoms with Gasteiger partial charge in [0.1, 0.15) is 0 Å². The lowest BCUT2D eigenvalue weighted by molar-refractivity contribution is 0.0213. The first-order valence-electron chi connectivity index (χ1n) is 8.66. The number of anilines is 1. The summed E-state index contributed by atoms with van der Waals surface area (Å²) in [5, 5.41) is 4.35. The molecule has 2 aliphatic heterocycles. The van der Waals surface area contributed by atoms with Crippen molar-refractivity contribution in [2.45, 2.75) is 18.9 Å². The van der Waals surface area contributed by atoms with Gasteiger partial charge >= 0.3 is 0 Å². The van der Waals surface area contributed by atoms with Crippen molar-refractivity contribution in [3.05, 3.63) is 28.8 Å². The Morgan fingerprint density at radius 3 is 2.52 bits per heavy atom. The van der Waals surface area contributed by atoms with Crippen molar-refractivity contribution < 1.29 is 4.74 Å². The van der Waals surface area contributed by atoms with Crippen LogP contribution in [0.2, 0.25) is 5.02 Å². The molecule has 0 amide bonds. The van der Waals surface area contributed by atoms with Gasteiger partial charge in [-0.25, -0.2) is 0 Å². The Morgan fingerprint density at radius 2 is 1.91 bits per heavy atom. The first kappa shape index (κ1) is 17.0. The Bertz CT molecular complexity index is 493. The molecule has 1 atom stereocenters. The Balaban J connectivity index is 1.90. The molecule has 2 heterocycles. The normalized spacial score (nSPS) is 22.0. The van der Waals surface area contributed by atoms with E-state index in [1.54, 1.807) is 0 Å². The van der Waals surface area contributed by atoms with E-state index in [4.69, 9.17) is 16.3 Å². The Kier molecular flexibility index (Phi) is 5.81. The maximum atomic E-state index is 6.71. The van der Waals surface area contributed by atoms with Crippen molar-refractivity contribution >= 4 is 17.3 Å². The third-order valence-electron chi connectivity index (χ3n) is 5.08. The highest BCUT2D eigenvalue weighted by molar-refractivity contribution is 6.31. The van der Waals surface area contributed by atoms with E-state index >= 15 is 0 Å². The summed E-state index contributed by atoms with van der Waals surface area (Å²) in [6.45, 7) is 6.06. The summed E-state index contributed by atoms with van der Waals surface area (Å²) >= 11 is 6.71. The van der Waals surface area contributed by atoms with Gasteiger partial charge < -0.3 is 15.0 Å². The number of rotatable bonds is 4. The van der Waals surface area contributed by atoms with Gasteiger partial charge in [-0.05, 0) is 36.5 Å². The van der Waals surface area contributed by atoms with E-state index < -0.39 is 0 Å². The highest BCUT2D eigenvalue weighted by atomic mass is 35.5. The molecule has 0 aliphatic carbocycles. The van der Waals surface area contributed by atoms with E-state index in [0.29, 0.717) is 12.0 Å². The second-order valence-electron chi connectivity index (χ2n) is 6.78. The summed E-state index contributed by atoms with van der Waals surface area (Å²) in [7, 11) is 4.11. The maximum Gasteiger partial charge on any atom is 0.0474 e. The molecule has 1 aromatic carbocycles. The average molecular weight is 338 g/mol. The third-order valence-corrected chi connectivity index (χ3v) is 5.40. The van der Waals surface area contributed by atoms with Gasteiger partial charge in [-0.2, -0.15) is 0 Å². The van der Waals surface area contributed by atoms with E-state index in [0.717, 1.165) is 62.9 Å². The molecule has 0 radical (unpaired) electrons. The van der Waals surface area contributed by atoms with Crippen molar-refractivity contribution in [3.8, 4) is 0 Å². The fourth-order valence-corrected chi connectivity index (χ4v) is 4.06. The molecule has 3 rings (SSSR count). The molecule has 2 aliphatic rings. The van der Waals surface area contributed by atoms with Gasteiger partial charge in [-0.15, -0.1) is 0 Å². The fraction of sp³-hybridized carbons (Fsp3) is 0.667. The summed E-state index contributed by atoms with van der Waals surface area (Å²) in [6, 6.07) is 6.94. The largest absolute Gasteiger partial charge is 0.381 e. The molecule has 2 fully saturated rings. The number of halogens is 1. The summed E-state index contributed by atoms with van der Waals surface area (Å²) in [6.07, 6.45) is 2.25. The molecule has 0 saturated carbocycles. The summed E-state index contributed by atoms with van der Waals surface area (Å²) < 4.78 is 5.58. The zero-order valence-electron chi connectivity index (χ0n) is 14.2. The number of hydrogen-bond donors (Lipinski definition) is 1. The number of nitrogens with one attached hydrogen (secondary N) is 1. The lowest BCUT2D eigenvalue weighted by Crippen LogP contribution is -2.47. The zero-order valence-corrected chi connectivity index (χ0v) is 15.0. The SMILES string of the molecule is CN(C)c1ccc([C@H](C2CCOCC2)N2CCNCC2)c(Cl)c1. The average Bonchev–Trinajstić information content (AvgIpc) is 2.58. The number of hydrogen-bond acceptors (Lipinski definition) is 4. The van der Waals surface area contributed by atoms with E-state index in [2.05, 4.69) is 47.4 Å². The second-order valence-corrected chi connectivity index (χ2v) is 7.19. The minimum Gasteiger partial charge on any atom is -0.381 e. The van der Waals surface area contributed by atoms with E-state index in [1.807, 2.05) is 0 Å². The predicted octanol–water partition coefficient (Wildman–Crippen LogP) is 2.78. The molecule has 1 aromatic rings. The van der Waals surface area contributed by atoms with Gasteiger partial charge in [0.2, 0.25) is 0 Å². The molecule has 0 aromatic heterocycles. The molecule has 4 nitrogen and oxygen atoms in total. The van der Waals surface area contributed by atoms with E-state index in [9.17, 15) is 0 Å². The smallest absolute Gasteiger partial charge is 0.0474 e. The summed E-state index contributed by atoms with van der Waals surface area (Å²) in [5.74, 6) is 0.629. The minimum atomic E-state index is 0.407. The van der Waals surface area contributed by atoms with Crippen molar-refractivity contribution in [1.82, 2.24) is 10.2 Å². The number of ether oxygens (including phenoxy) is 1. The summed E-state index contributed by atoms with van der Waals surface area (Å²) in [5.41, 5.74) is 2.44. The molecular formula is C18H28ClN3O. The van der Waals surface area contributed by atoms with Crippen molar-refractivity contribution in [1.29, 1.82) is 0 Å². The van der Waals surface area contributed by atoms with Crippen LogP contribution in [0.5, 0.6) is 0 Å². The first-order valence-corrected chi connectivity index (χ1v) is 9.04. The molecule has 5 heteroatoms. The highest BCUT2D eigenvalue weighted by Gasteiger charge is 2.32. The Morgan fingerprint density at radius 1 is 1.22 bits per heavy atom. The zero-order chi connectivity index (χ0) is 16.2. The molecule has 1 N–H and O–H groups in total. The van der Waals surface area contributed by atoms with Crippen molar-refractivity contribution in [3.63, 3.8) is 0 Å². The number of nitrogens with zero attached hydrogens (tertiary/aromatic N) is 2. The van der Waals surface area contributed by atoms with E-state index in [1.165, 1.54) is 5.56 Å². The van der Waals surface area contributed by atoms with Crippen LogP contribution < -0.4 is 10.2 Å². The number of piperazine rings is 1. The molecule has 0 unspecified atom stereocenters. The van der Waals surface area contributed by atoms with Crippen LogP contribution in [0.15, 0.2) is 18.2 Å². The minimum absolute atomic E-state index is 0.407. The van der Waals surface area contributed by atoms with Crippen LogP contribution in [-0.2, 0) is 4.74 Å². The van der Waals surface area contributed by atoms with Crippen LogP contribution in [0.25, 0.3) is 0 Å². The summed E-state index contributed by atoms with van der Waals surface area (Å²) in [4.78, 5) is 4.72. The van der Waals surface area contributed by atoms with Gasteiger partial charge in [0.25, 0.3) is 0 Å². The van der Waals surface area contributed by atoms with Crippen LogP contribution in [-0.4, -0.2) is 58.4 Å². The second kappa shape index (κ2) is 7.84. The lowest BCUT2D eigenvalue weighted by Gasteiger charge is -2.41. The van der Waals surface area contributed by atoms with Crippen molar-refractivity contribution in [2.75, 3.05) is 58.4 Å². The standard InChI is InChI=1S/C18H28ClN3O/c1-21(2)15-3-4-16(17(19)13-15)18(14-5-11-23-12-6-14)22-9-7-20-8-10-22/h3-4,13-14,18,20H,5-12H2,1-2H3/t18-/m0/s1. The first-order chi connectivity index (χ1) is 11.2. The van der Waals surface area contributed by atoms with Crippen LogP contribution in [0, 0.1) is 5.92 Å². The number of benzene rings is 1. The molecule has 23 heavy (non-hydrogen) atoms. The molecule has 2 saturated heterocycles. The van der Waals surface area contributed by atoms with Gasteiger partial charge in [-0.1, -0.05) is 17.7 Å². The fourth-order valence-electron chi connectivity index (χ4n) is 3.77. The molecule has 128 valence electrons. The molecule has 0 bridgehead atoms. The van der Waals surface area contributed by atoms with Gasteiger partial charge in [-0.3, -0.25) is 4.90 Å². The van der Waals surface area contributed by atoms with Crippen LogP contribution in [0.4, 0.5) is 5.69 Å². The van der Waals surface area contributed by atoms with E-state index in [-0.39, 0.29) is 0 Å². The predicted molar refractivity (Wildman–Crippen MR) is 96.5 cm³/mol. The van der Waals surface area contributed by atoms with Crippen LogP contribution in [0.3, 0.4) is 0 Å². The Labute approximate surface area is 144 Å². The highest BCUT2D eigenvalue weighted by Crippen LogP contribution is 2.39. The van der Waals surface area contributed by atoms with Gasteiger partial charge in [0.05, 0.1) is 0 Å². The van der Waals surface area contributed by atoms with Gasteiger partial charge in [0.15, 0.2) is 0 Å². The van der Waals surface area contributed by atoms with Gasteiger partial charge in [0, 0.05) is 70.2 Å². The quantitative estimate of drug-likeness (QED) is 0.914. The Hall–Kier alpha value is -0.810. The lowest BCUT2D eigenvalue weighted by atomic mass is 9.85. The monoisotopic (exact) mass is 337 g/mol. The van der Waals surface area contributed by atoms with Crippen LogP contribution >= 0.6 is 11.6 Å². The molecule has 0 spiro atoms. The maximum absolute atomic E-state index is 6.71. The van der Waals surface area contributed by atoms with Crippen molar-refractivity contribution in [2.24, 2.45) is 5.92 Å². The molecular weight excluding hydrogens is 310 g/mol. The third kappa shape index (κ3) is 4.00. The van der Waals surface area contributed by atoms with Crippen LogP contribution in [0.1, 0.15) is 24.4 Å². The topological polar surface area (TPSA) is 27.7 Å².